The number of amides is 1. The molecule has 1 amide bonds. The summed E-state index contributed by atoms with van der Waals surface area (Å²) >= 11 is 3.28. The van der Waals surface area contributed by atoms with E-state index < -0.39 is 0 Å². The maximum absolute atomic E-state index is 11.9. The molecule has 8 heteroatoms. The van der Waals surface area contributed by atoms with Gasteiger partial charge in [0, 0.05) is 12.4 Å². The van der Waals surface area contributed by atoms with Crippen LogP contribution in [0.15, 0.2) is 35.3 Å². The van der Waals surface area contributed by atoms with Crippen LogP contribution in [0.25, 0.3) is 0 Å². The molecule has 0 aliphatic rings. The molecule has 4 N–H and O–H groups in total. The fourth-order valence-electron chi connectivity index (χ4n) is 1.18. The van der Waals surface area contributed by atoms with Gasteiger partial charge in [0.2, 0.25) is 0 Å². The number of carbonyl (C=O) groups is 1. The van der Waals surface area contributed by atoms with Crippen LogP contribution in [-0.2, 0) is 0 Å². The van der Waals surface area contributed by atoms with Crippen LogP contribution in [0.1, 0.15) is 10.5 Å². The zero-order chi connectivity index (χ0) is 13.0. The highest BCUT2D eigenvalue weighted by Crippen LogP contribution is 2.20. The molecule has 0 radical (unpaired) electrons. The third-order valence-corrected chi connectivity index (χ3v) is 2.68. The second-order valence-electron chi connectivity index (χ2n) is 3.24. The van der Waals surface area contributed by atoms with Crippen molar-refractivity contribution in [2.45, 2.75) is 0 Å². The number of hydrazine groups is 1. The van der Waals surface area contributed by atoms with E-state index in [2.05, 4.69) is 41.6 Å². The maximum atomic E-state index is 11.9. The highest BCUT2D eigenvalue weighted by atomic mass is 79.9. The van der Waals surface area contributed by atoms with Crippen LogP contribution in [0, 0.1) is 0 Å². The molecule has 2 aromatic heterocycles. The van der Waals surface area contributed by atoms with Crippen LogP contribution >= 0.6 is 15.9 Å². The van der Waals surface area contributed by atoms with Crippen molar-refractivity contribution in [3.63, 3.8) is 0 Å². The fraction of sp³-hybridized carbons (Fsp3) is 0. The number of nitrogen functional groups attached to an aromatic ring is 1. The Kier molecular flexibility index (Phi) is 3.80. The SMILES string of the molecule is NNc1cnc(C(=O)Nc2ccncc2Br)cn1. The number of anilines is 2. The van der Waals surface area contributed by atoms with Gasteiger partial charge >= 0.3 is 0 Å². The van der Waals surface area contributed by atoms with E-state index >= 15 is 0 Å². The Morgan fingerprint density at radius 3 is 2.72 bits per heavy atom. The van der Waals surface area contributed by atoms with Crippen LogP contribution in [0.2, 0.25) is 0 Å². The van der Waals surface area contributed by atoms with Gasteiger partial charge in [-0.3, -0.25) is 9.78 Å². The van der Waals surface area contributed by atoms with E-state index in [9.17, 15) is 4.79 Å². The quantitative estimate of drug-likeness (QED) is 0.580. The number of carbonyl (C=O) groups excluding carboxylic acids is 1. The van der Waals surface area contributed by atoms with Crippen LogP contribution in [-0.4, -0.2) is 20.9 Å². The first-order chi connectivity index (χ1) is 8.70. The Morgan fingerprint density at radius 1 is 1.28 bits per heavy atom. The van der Waals surface area contributed by atoms with E-state index in [4.69, 9.17) is 5.84 Å². The topological polar surface area (TPSA) is 106 Å². The Bertz CT molecular complexity index is 559. The van der Waals surface area contributed by atoms with Crippen LogP contribution in [0.3, 0.4) is 0 Å². The summed E-state index contributed by atoms with van der Waals surface area (Å²) in [5, 5.41) is 2.68. The van der Waals surface area contributed by atoms with Crippen molar-refractivity contribution in [2.75, 3.05) is 10.7 Å². The summed E-state index contributed by atoms with van der Waals surface area (Å²) < 4.78 is 0.687. The molecule has 2 heterocycles. The van der Waals surface area contributed by atoms with Gasteiger partial charge in [-0.15, -0.1) is 0 Å². The smallest absolute Gasteiger partial charge is 0.275 e. The Morgan fingerprint density at radius 2 is 2.11 bits per heavy atom. The number of nitrogens with one attached hydrogen (secondary N) is 2. The zero-order valence-corrected chi connectivity index (χ0v) is 10.7. The maximum Gasteiger partial charge on any atom is 0.275 e. The highest BCUT2D eigenvalue weighted by Gasteiger charge is 2.09. The largest absolute Gasteiger partial charge is 0.319 e. The predicted molar refractivity (Wildman–Crippen MR) is 69.7 cm³/mol. The van der Waals surface area contributed by atoms with Crippen molar-refractivity contribution < 1.29 is 4.79 Å². The zero-order valence-electron chi connectivity index (χ0n) is 9.09. The van der Waals surface area contributed by atoms with Gasteiger partial charge in [0.1, 0.15) is 5.69 Å². The average molecular weight is 309 g/mol. The van der Waals surface area contributed by atoms with Crippen LogP contribution in [0.5, 0.6) is 0 Å². The summed E-state index contributed by atoms with van der Waals surface area (Å²) in [6.45, 7) is 0. The van der Waals surface area contributed by atoms with Gasteiger partial charge in [-0.25, -0.2) is 15.8 Å². The molecular weight excluding hydrogens is 300 g/mol. The van der Waals surface area contributed by atoms with Gasteiger partial charge in [-0.1, -0.05) is 0 Å². The van der Waals surface area contributed by atoms with Gasteiger partial charge in [0.25, 0.3) is 5.91 Å². The lowest BCUT2D eigenvalue weighted by Crippen LogP contribution is -2.15. The van der Waals surface area contributed by atoms with E-state index in [1.807, 2.05) is 0 Å². The second kappa shape index (κ2) is 5.52. The lowest BCUT2D eigenvalue weighted by atomic mass is 10.3. The molecule has 2 rings (SSSR count). The molecule has 2 aromatic rings. The first kappa shape index (κ1) is 12.4. The molecule has 92 valence electrons. The number of rotatable bonds is 3. The average Bonchev–Trinajstić information content (AvgIpc) is 2.41. The Labute approximate surface area is 111 Å². The van der Waals surface area contributed by atoms with Crippen molar-refractivity contribution in [3.05, 3.63) is 41.0 Å². The fourth-order valence-corrected chi connectivity index (χ4v) is 1.53. The first-order valence-corrected chi connectivity index (χ1v) is 5.69. The minimum Gasteiger partial charge on any atom is -0.319 e. The Balaban J connectivity index is 2.14. The summed E-state index contributed by atoms with van der Waals surface area (Å²) in [7, 11) is 0. The van der Waals surface area contributed by atoms with E-state index in [-0.39, 0.29) is 11.6 Å². The standard InChI is InChI=1S/C10H9BrN6O/c11-6-3-13-2-1-7(6)16-10(18)8-4-15-9(17-12)5-14-8/h1-5H,12H2,(H,15,17)(H,13,16,18). The van der Waals surface area contributed by atoms with E-state index in [0.717, 1.165) is 0 Å². The van der Waals surface area contributed by atoms with Crippen molar-refractivity contribution in [1.82, 2.24) is 15.0 Å². The molecular formula is C10H9BrN6O. The molecule has 0 saturated carbocycles. The van der Waals surface area contributed by atoms with Gasteiger partial charge in [-0.2, -0.15) is 0 Å². The summed E-state index contributed by atoms with van der Waals surface area (Å²) in [4.78, 5) is 23.6. The van der Waals surface area contributed by atoms with E-state index in [1.54, 1.807) is 18.5 Å². The second-order valence-corrected chi connectivity index (χ2v) is 4.10. The van der Waals surface area contributed by atoms with Crippen molar-refractivity contribution in [2.24, 2.45) is 5.84 Å². The number of aromatic nitrogens is 3. The number of hydrogen-bond donors (Lipinski definition) is 3. The summed E-state index contributed by atoms with van der Waals surface area (Å²) in [6, 6.07) is 1.67. The minimum absolute atomic E-state index is 0.192. The molecule has 0 saturated heterocycles. The lowest BCUT2D eigenvalue weighted by molar-refractivity contribution is 0.102. The number of nitrogens with two attached hydrogens (primary N) is 1. The molecule has 18 heavy (non-hydrogen) atoms. The normalized spacial score (nSPS) is 9.89. The molecule has 0 unspecified atom stereocenters. The minimum atomic E-state index is -0.363. The summed E-state index contributed by atoms with van der Waals surface area (Å²) in [5.74, 6) is 5.18. The van der Waals surface area contributed by atoms with E-state index in [0.29, 0.717) is 16.0 Å². The monoisotopic (exact) mass is 308 g/mol. The summed E-state index contributed by atoms with van der Waals surface area (Å²) in [6.07, 6.45) is 5.87. The first-order valence-electron chi connectivity index (χ1n) is 4.90. The van der Waals surface area contributed by atoms with Crippen LogP contribution in [0.4, 0.5) is 11.5 Å². The van der Waals surface area contributed by atoms with Crippen molar-refractivity contribution >= 4 is 33.3 Å². The third kappa shape index (κ3) is 2.79. The number of hydrogen-bond acceptors (Lipinski definition) is 6. The molecule has 0 spiro atoms. The number of pyridine rings is 1. The molecule has 0 aromatic carbocycles. The van der Waals surface area contributed by atoms with Gasteiger partial charge in [0.15, 0.2) is 5.82 Å². The van der Waals surface area contributed by atoms with Crippen molar-refractivity contribution in [3.8, 4) is 0 Å². The molecule has 0 bridgehead atoms. The van der Waals surface area contributed by atoms with Crippen molar-refractivity contribution in [1.29, 1.82) is 0 Å². The molecule has 0 aliphatic carbocycles. The molecule has 7 nitrogen and oxygen atoms in total. The van der Waals surface area contributed by atoms with E-state index in [1.165, 1.54) is 12.4 Å². The van der Waals surface area contributed by atoms with Gasteiger partial charge in [0.05, 0.1) is 22.6 Å². The Hall–Kier alpha value is -2.06. The third-order valence-electron chi connectivity index (χ3n) is 2.05. The molecule has 0 fully saturated rings. The highest BCUT2D eigenvalue weighted by molar-refractivity contribution is 9.10. The van der Waals surface area contributed by atoms with Gasteiger partial charge in [-0.05, 0) is 22.0 Å². The summed E-state index contributed by atoms with van der Waals surface area (Å²) in [5.41, 5.74) is 3.13. The van der Waals surface area contributed by atoms with Gasteiger partial charge < -0.3 is 10.7 Å². The molecule has 0 aliphatic heterocycles. The predicted octanol–water partition coefficient (Wildman–Crippen LogP) is 1.17. The molecule has 0 atom stereocenters. The van der Waals surface area contributed by atoms with Crippen LogP contribution < -0.4 is 16.6 Å². The number of halogens is 1. The lowest BCUT2D eigenvalue weighted by Gasteiger charge is -2.06. The number of nitrogens with zero attached hydrogens (tertiary/aromatic N) is 3.